The van der Waals surface area contributed by atoms with Crippen LogP contribution in [0.5, 0.6) is 5.75 Å². The van der Waals surface area contributed by atoms with Crippen LogP contribution in [0.2, 0.25) is 0 Å². The number of aliphatic hydroxyl groups excluding tert-OH is 1. The molecule has 3 aromatic rings. The molecule has 8 nitrogen and oxygen atoms in total. The van der Waals surface area contributed by atoms with Gasteiger partial charge in [-0.2, -0.15) is 0 Å². The van der Waals surface area contributed by atoms with Gasteiger partial charge in [0.05, 0.1) is 11.8 Å². The first kappa shape index (κ1) is 19.9. The number of benzene rings is 1. The Morgan fingerprint density at radius 2 is 2.18 bits per heavy atom. The van der Waals surface area contributed by atoms with Gasteiger partial charge in [-0.25, -0.2) is 19.3 Å². The summed E-state index contributed by atoms with van der Waals surface area (Å²) in [7, 11) is 0. The summed E-state index contributed by atoms with van der Waals surface area (Å²) in [6.45, 7) is 4.05. The van der Waals surface area contributed by atoms with Gasteiger partial charge in [-0.05, 0) is 32.4 Å². The van der Waals surface area contributed by atoms with Gasteiger partial charge in [0.25, 0.3) is 5.91 Å². The predicted molar refractivity (Wildman–Crippen MR) is 105 cm³/mol. The van der Waals surface area contributed by atoms with Gasteiger partial charge in [0.1, 0.15) is 28.2 Å². The van der Waals surface area contributed by atoms with Crippen molar-refractivity contribution >= 4 is 39.1 Å². The monoisotopic (exact) mass is 405 g/mol. The minimum Gasteiger partial charge on any atom is -0.489 e. The number of halogens is 1. The van der Waals surface area contributed by atoms with Crippen molar-refractivity contribution < 1.29 is 19.0 Å². The van der Waals surface area contributed by atoms with Gasteiger partial charge in [0.15, 0.2) is 10.8 Å². The van der Waals surface area contributed by atoms with E-state index in [0.717, 1.165) is 11.3 Å². The van der Waals surface area contributed by atoms with Crippen molar-refractivity contribution in [3.05, 3.63) is 35.4 Å². The Labute approximate surface area is 164 Å². The van der Waals surface area contributed by atoms with Crippen molar-refractivity contribution in [3.8, 4) is 5.75 Å². The molecule has 0 aliphatic rings. The van der Waals surface area contributed by atoms with Crippen LogP contribution in [0.25, 0.3) is 10.3 Å². The lowest BCUT2D eigenvalue weighted by Crippen LogP contribution is -2.24. The molecule has 2 aromatic heterocycles. The van der Waals surface area contributed by atoms with Gasteiger partial charge >= 0.3 is 0 Å². The van der Waals surface area contributed by atoms with Crippen LogP contribution in [0.1, 0.15) is 30.1 Å². The number of fused-ring (bicyclic) bond motifs is 1. The van der Waals surface area contributed by atoms with Crippen molar-refractivity contribution in [2.45, 2.75) is 26.4 Å². The maximum atomic E-state index is 13.6. The van der Waals surface area contributed by atoms with Crippen LogP contribution in [0.3, 0.4) is 0 Å². The second-order valence-electron chi connectivity index (χ2n) is 6.16. The normalized spacial score (nSPS) is 11.0. The molecule has 1 aromatic carbocycles. The van der Waals surface area contributed by atoms with Gasteiger partial charge in [0, 0.05) is 19.2 Å². The van der Waals surface area contributed by atoms with E-state index in [4.69, 9.17) is 9.84 Å². The molecule has 3 N–H and O–H groups in total. The number of anilines is 2. The van der Waals surface area contributed by atoms with E-state index in [1.165, 1.54) is 18.5 Å². The molecule has 0 bridgehead atoms. The highest BCUT2D eigenvalue weighted by molar-refractivity contribution is 7.19. The van der Waals surface area contributed by atoms with Gasteiger partial charge in [-0.1, -0.05) is 11.3 Å². The molecule has 10 heteroatoms. The number of hydrogen-bond acceptors (Lipinski definition) is 8. The van der Waals surface area contributed by atoms with Crippen LogP contribution in [0.15, 0.2) is 24.5 Å². The van der Waals surface area contributed by atoms with E-state index in [9.17, 15) is 9.18 Å². The molecule has 28 heavy (non-hydrogen) atoms. The molecule has 0 aliphatic carbocycles. The van der Waals surface area contributed by atoms with E-state index >= 15 is 0 Å². The summed E-state index contributed by atoms with van der Waals surface area (Å²) in [4.78, 5) is 25.4. The number of amides is 1. The summed E-state index contributed by atoms with van der Waals surface area (Å²) in [6.07, 6.45) is 1.69. The number of carbonyl (C=O) groups excluding carboxylic acids is 1. The molecule has 0 saturated carbocycles. The predicted octanol–water partition coefficient (Wildman–Crippen LogP) is 2.87. The number of thiazole rings is 1. The van der Waals surface area contributed by atoms with Crippen molar-refractivity contribution in [3.63, 3.8) is 0 Å². The highest BCUT2D eigenvalue weighted by atomic mass is 32.1. The lowest BCUT2D eigenvalue weighted by Gasteiger charge is -2.15. The first-order valence-electron chi connectivity index (χ1n) is 8.71. The summed E-state index contributed by atoms with van der Waals surface area (Å²) in [5.41, 5.74) is 0.955. The topological polar surface area (TPSA) is 109 Å². The Morgan fingerprint density at radius 1 is 1.36 bits per heavy atom. The molecule has 3 rings (SSSR count). The van der Waals surface area contributed by atoms with Crippen molar-refractivity contribution in [2.75, 3.05) is 18.5 Å². The molecule has 0 saturated heterocycles. The number of aromatic nitrogens is 3. The largest absolute Gasteiger partial charge is 0.489 e. The molecule has 2 heterocycles. The zero-order chi connectivity index (χ0) is 20.1. The van der Waals surface area contributed by atoms with E-state index in [1.54, 1.807) is 6.07 Å². The number of ether oxygens (including phenoxy) is 1. The quantitative estimate of drug-likeness (QED) is 0.494. The molecular formula is C18H20FN5O3S. The lowest BCUT2D eigenvalue weighted by molar-refractivity contribution is 0.0951. The van der Waals surface area contributed by atoms with E-state index in [0.29, 0.717) is 40.6 Å². The highest BCUT2D eigenvalue weighted by Crippen LogP contribution is 2.32. The molecule has 1 amide bonds. The minimum absolute atomic E-state index is 0.00187. The summed E-state index contributed by atoms with van der Waals surface area (Å²) in [5, 5.41) is 14.8. The SMILES string of the molecule is CC(C)Oc1cc(F)ccc1Nc1ncnc2sc(C(=O)NCCCO)nc12. The molecule has 0 atom stereocenters. The highest BCUT2D eigenvalue weighted by Gasteiger charge is 2.17. The molecule has 148 valence electrons. The molecule has 0 aliphatic heterocycles. The van der Waals surface area contributed by atoms with Crippen molar-refractivity contribution in [2.24, 2.45) is 0 Å². The molecule has 0 unspecified atom stereocenters. The first-order chi connectivity index (χ1) is 13.5. The van der Waals surface area contributed by atoms with Crippen molar-refractivity contribution in [1.29, 1.82) is 0 Å². The minimum atomic E-state index is -0.412. The van der Waals surface area contributed by atoms with Gasteiger partial charge < -0.3 is 20.5 Å². The Morgan fingerprint density at radius 3 is 2.93 bits per heavy atom. The standard InChI is InChI=1S/C18H20FN5O3S/c1-10(2)27-13-8-11(19)4-5-12(13)23-15-14-17(22-9-21-15)28-18(24-14)16(26)20-6-3-7-25/h4-5,8-10,25H,3,6-7H2,1-2H3,(H,20,26)(H,21,22,23). The summed E-state index contributed by atoms with van der Waals surface area (Å²) in [6, 6.07) is 4.16. The molecular weight excluding hydrogens is 385 g/mol. The van der Waals surface area contributed by atoms with Gasteiger partial charge in [-0.3, -0.25) is 4.79 Å². The number of aliphatic hydroxyl groups is 1. The van der Waals surface area contributed by atoms with Crippen molar-refractivity contribution in [1.82, 2.24) is 20.3 Å². The number of carbonyl (C=O) groups is 1. The van der Waals surface area contributed by atoms with Crippen LogP contribution in [0, 0.1) is 5.82 Å². The maximum absolute atomic E-state index is 13.6. The lowest BCUT2D eigenvalue weighted by atomic mass is 10.2. The molecule has 0 spiro atoms. The number of nitrogens with one attached hydrogen (secondary N) is 2. The fraction of sp³-hybridized carbons (Fsp3) is 0.333. The van der Waals surface area contributed by atoms with Crippen LogP contribution >= 0.6 is 11.3 Å². The first-order valence-corrected chi connectivity index (χ1v) is 9.53. The number of hydrogen-bond donors (Lipinski definition) is 3. The Kier molecular flexibility index (Phi) is 6.32. The zero-order valence-corrected chi connectivity index (χ0v) is 16.2. The summed E-state index contributed by atoms with van der Waals surface area (Å²) >= 11 is 1.14. The fourth-order valence-corrected chi connectivity index (χ4v) is 3.20. The van der Waals surface area contributed by atoms with E-state index in [2.05, 4.69) is 25.6 Å². The number of rotatable bonds is 8. The Hall–Kier alpha value is -2.85. The average molecular weight is 405 g/mol. The number of nitrogens with zero attached hydrogens (tertiary/aromatic N) is 3. The fourth-order valence-electron chi connectivity index (χ4n) is 2.38. The van der Waals surface area contributed by atoms with Crippen LogP contribution in [-0.2, 0) is 0 Å². The van der Waals surface area contributed by atoms with E-state index in [1.807, 2.05) is 13.8 Å². The van der Waals surface area contributed by atoms with Gasteiger partial charge in [-0.15, -0.1) is 0 Å². The average Bonchev–Trinajstić information content (AvgIpc) is 3.09. The summed E-state index contributed by atoms with van der Waals surface area (Å²) in [5.74, 6) is -0.0209. The second-order valence-corrected chi connectivity index (χ2v) is 7.14. The molecule has 0 radical (unpaired) electrons. The van der Waals surface area contributed by atoms with E-state index in [-0.39, 0.29) is 23.6 Å². The summed E-state index contributed by atoms with van der Waals surface area (Å²) < 4.78 is 19.3. The maximum Gasteiger partial charge on any atom is 0.280 e. The van der Waals surface area contributed by atoms with Crippen LogP contribution in [-0.4, -0.2) is 45.2 Å². The zero-order valence-electron chi connectivity index (χ0n) is 15.4. The van der Waals surface area contributed by atoms with Crippen LogP contribution < -0.4 is 15.4 Å². The van der Waals surface area contributed by atoms with Gasteiger partial charge in [0.2, 0.25) is 0 Å². The Balaban J connectivity index is 1.89. The third kappa shape index (κ3) is 4.70. The third-order valence-corrected chi connectivity index (χ3v) is 4.53. The smallest absolute Gasteiger partial charge is 0.280 e. The van der Waals surface area contributed by atoms with Crippen LogP contribution in [0.4, 0.5) is 15.9 Å². The molecule has 0 fully saturated rings. The Bertz CT molecular complexity index is 979. The van der Waals surface area contributed by atoms with E-state index < -0.39 is 5.82 Å². The third-order valence-electron chi connectivity index (χ3n) is 3.57. The second kappa shape index (κ2) is 8.89.